The molecule has 0 N–H and O–H groups in total. The lowest BCUT2D eigenvalue weighted by atomic mass is 10.5. The molecule has 2 heterocycles. The minimum Gasteiger partial charge on any atom is -0.602 e. The number of esters is 2. The van der Waals surface area contributed by atoms with Gasteiger partial charge in [-0.2, -0.15) is 0 Å². The summed E-state index contributed by atoms with van der Waals surface area (Å²) in [5.41, 5.74) is 0. The van der Waals surface area contributed by atoms with Crippen LogP contribution in [0.15, 0.2) is 43.3 Å². The van der Waals surface area contributed by atoms with Gasteiger partial charge in [-0.05, 0) is 12.1 Å². The quantitative estimate of drug-likeness (QED) is 0.624. The van der Waals surface area contributed by atoms with Crippen molar-refractivity contribution in [2.75, 3.05) is 14.2 Å². The normalized spacial score (nSPS) is 10.6. The summed E-state index contributed by atoms with van der Waals surface area (Å²) in [6, 6.07) is 5.40. The molecule has 0 aliphatic carbocycles. The summed E-state index contributed by atoms with van der Waals surface area (Å²) < 4.78 is 31.2. The summed E-state index contributed by atoms with van der Waals surface area (Å²) in [4.78, 5) is 22.4. The summed E-state index contributed by atoms with van der Waals surface area (Å²) in [6.07, 6.45) is 0. The highest BCUT2D eigenvalue weighted by Gasteiger charge is 2.26. The highest BCUT2D eigenvalue weighted by Crippen LogP contribution is 2.25. The smallest absolute Gasteiger partial charge is 0.374 e. The van der Waals surface area contributed by atoms with Crippen LogP contribution in [0.5, 0.6) is 0 Å². The van der Waals surface area contributed by atoms with E-state index in [1.165, 1.54) is 38.5 Å². The molecule has 0 fully saturated rings. The van der Waals surface area contributed by atoms with Crippen LogP contribution >= 0.6 is 0 Å². The van der Waals surface area contributed by atoms with Gasteiger partial charge in [-0.15, -0.1) is 0 Å². The van der Waals surface area contributed by atoms with E-state index in [2.05, 4.69) is 9.47 Å². The standard InChI is InChI=1S/C12H10O7S/c1-16-11(13)7-3-5-9(18-7)20(15)10-6-4-8(19-10)12(14)17-2/h3-6H,1-2H3. The molecule has 2 aromatic heterocycles. The molecule has 0 atom stereocenters. The predicted octanol–water partition coefficient (Wildman–Crippen LogP) is 1.61. The first kappa shape index (κ1) is 14.2. The largest absolute Gasteiger partial charge is 0.602 e. The Hall–Kier alpha value is -2.19. The van der Waals surface area contributed by atoms with Crippen molar-refractivity contribution in [1.29, 1.82) is 0 Å². The van der Waals surface area contributed by atoms with E-state index in [9.17, 15) is 14.1 Å². The van der Waals surface area contributed by atoms with Crippen molar-refractivity contribution in [3.63, 3.8) is 0 Å². The Morgan fingerprint density at radius 1 is 0.950 bits per heavy atom. The van der Waals surface area contributed by atoms with E-state index in [-0.39, 0.29) is 21.7 Å². The van der Waals surface area contributed by atoms with Gasteiger partial charge in [-0.1, -0.05) is 0 Å². The minimum absolute atomic E-state index is 0.0103. The highest BCUT2D eigenvalue weighted by molar-refractivity contribution is 7.91. The Morgan fingerprint density at radius 3 is 1.70 bits per heavy atom. The van der Waals surface area contributed by atoms with Crippen LogP contribution in [0.1, 0.15) is 21.1 Å². The molecule has 0 aliphatic heterocycles. The third-order valence-corrected chi connectivity index (χ3v) is 3.47. The molecule has 0 bridgehead atoms. The lowest BCUT2D eigenvalue weighted by molar-refractivity contribution is 0.0552. The Balaban J connectivity index is 2.20. The van der Waals surface area contributed by atoms with Gasteiger partial charge in [0.15, 0.2) is 0 Å². The number of hydrogen-bond donors (Lipinski definition) is 0. The summed E-state index contributed by atoms with van der Waals surface area (Å²) in [5.74, 6) is -1.50. The van der Waals surface area contributed by atoms with Gasteiger partial charge in [0.1, 0.15) is 11.2 Å². The summed E-state index contributed by atoms with van der Waals surface area (Å²) >= 11 is -1.79. The number of rotatable bonds is 4. The van der Waals surface area contributed by atoms with E-state index in [1.54, 1.807) is 0 Å². The van der Waals surface area contributed by atoms with E-state index in [4.69, 9.17) is 8.83 Å². The van der Waals surface area contributed by atoms with Gasteiger partial charge in [0.2, 0.25) is 11.5 Å². The number of methoxy groups -OCH3 is 2. The lowest BCUT2D eigenvalue weighted by Gasteiger charge is -2.01. The Morgan fingerprint density at radius 2 is 1.35 bits per heavy atom. The van der Waals surface area contributed by atoms with Crippen LogP contribution in [-0.2, 0) is 20.6 Å². The number of carbonyl (C=O) groups excluding carboxylic acids is 2. The maximum atomic E-state index is 12.1. The molecule has 106 valence electrons. The first-order chi connectivity index (χ1) is 9.56. The van der Waals surface area contributed by atoms with Crippen LogP contribution in [0.25, 0.3) is 0 Å². The van der Waals surface area contributed by atoms with E-state index in [0.717, 1.165) is 0 Å². The molecule has 0 amide bonds. The monoisotopic (exact) mass is 298 g/mol. The molecule has 0 radical (unpaired) electrons. The number of furan rings is 2. The molecule has 0 saturated carbocycles. The van der Waals surface area contributed by atoms with Crippen LogP contribution in [0.2, 0.25) is 0 Å². The highest BCUT2D eigenvalue weighted by atomic mass is 32.2. The van der Waals surface area contributed by atoms with E-state index in [0.29, 0.717) is 0 Å². The molecule has 0 spiro atoms. The fraction of sp³-hybridized carbons (Fsp3) is 0.167. The zero-order chi connectivity index (χ0) is 14.7. The average Bonchev–Trinajstić information content (AvgIpc) is 3.13. The second-order valence-electron chi connectivity index (χ2n) is 3.49. The maximum absolute atomic E-state index is 12.1. The van der Waals surface area contributed by atoms with Crippen LogP contribution in [0.4, 0.5) is 0 Å². The molecule has 2 rings (SSSR count). The van der Waals surface area contributed by atoms with Gasteiger partial charge in [0.05, 0.1) is 14.2 Å². The van der Waals surface area contributed by atoms with E-state index in [1.807, 2.05) is 0 Å². The Labute approximate surface area is 116 Å². The molecule has 7 nitrogen and oxygen atoms in total. The molecule has 0 unspecified atom stereocenters. The van der Waals surface area contributed by atoms with Gasteiger partial charge in [0.25, 0.3) is 0 Å². The number of ether oxygens (including phenoxy) is 2. The lowest BCUT2D eigenvalue weighted by Crippen LogP contribution is -2.02. The average molecular weight is 298 g/mol. The Kier molecular flexibility index (Phi) is 4.16. The van der Waals surface area contributed by atoms with Gasteiger partial charge in [0, 0.05) is 12.1 Å². The van der Waals surface area contributed by atoms with Crippen molar-refractivity contribution in [3.05, 3.63) is 35.8 Å². The van der Waals surface area contributed by atoms with Crippen LogP contribution < -0.4 is 0 Å². The summed E-state index contributed by atoms with van der Waals surface area (Å²) in [5, 5.41) is 0.0207. The van der Waals surface area contributed by atoms with Crippen LogP contribution in [0.3, 0.4) is 0 Å². The van der Waals surface area contributed by atoms with E-state index >= 15 is 0 Å². The predicted molar refractivity (Wildman–Crippen MR) is 64.8 cm³/mol. The molecule has 8 heteroatoms. The van der Waals surface area contributed by atoms with Crippen molar-refractivity contribution in [1.82, 2.24) is 0 Å². The van der Waals surface area contributed by atoms with Crippen molar-refractivity contribution >= 4 is 23.1 Å². The molecular formula is C12H10O7S. The summed E-state index contributed by atoms with van der Waals surface area (Å²) in [7, 11) is 2.41. The minimum atomic E-state index is -1.79. The first-order valence-corrected chi connectivity index (χ1v) is 6.50. The van der Waals surface area contributed by atoms with Crippen molar-refractivity contribution in [2.45, 2.75) is 10.2 Å². The SMILES string of the molecule is COC(=O)c1ccc([S+]([O-])c2ccc(C(=O)OC)o2)o1. The third kappa shape index (κ3) is 2.70. The number of carbonyl (C=O) groups is 2. The zero-order valence-electron chi connectivity index (χ0n) is 10.6. The van der Waals surface area contributed by atoms with Gasteiger partial charge in [-0.3, -0.25) is 0 Å². The third-order valence-electron chi connectivity index (χ3n) is 2.30. The number of hydrogen-bond acceptors (Lipinski definition) is 7. The molecule has 20 heavy (non-hydrogen) atoms. The molecule has 0 aromatic carbocycles. The van der Waals surface area contributed by atoms with Gasteiger partial charge < -0.3 is 22.9 Å². The van der Waals surface area contributed by atoms with Gasteiger partial charge >= 0.3 is 22.1 Å². The molecule has 2 aromatic rings. The zero-order valence-corrected chi connectivity index (χ0v) is 11.4. The van der Waals surface area contributed by atoms with Crippen LogP contribution in [0, 0.1) is 0 Å². The Bertz CT molecular complexity index is 573. The first-order valence-electron chi connectivity index (χ1n) is 5.35. The topological polar surface area (TPSA) is 102 Å². The van der Waals surface area contributed by atoms with Crippen molar-refractivity contribution < 1.29 is 32.4 Å². The molecular weight excluding hydrogens is 288 g/mol. The fourth-order valence-corrected chi connectivity index (χ4v) is 2.27. The second kappa shape index (κ2) is 5.85. The molecule has 0 aliphatic rings. The van der Waals surface area contributed by atoms with E-state index < -0.39 is 23.1 Å². The van der Waals surface area contributed by atoms with Gasteiger partial charge in [-0.25, -0.2) is 9.59 Å². The summed E-state index contributed by atoms with van der Waals surface area (Å²) in [6.45, 7) is 0. The second-order valence-corrected chi connectivity index (χ2v) is 4.83. The van der Waals surface area contributed by atoms with Crippen molar-refractivity contribution in [3.8, 4) is 0 Å². The molecule has 0 saturated heterocycles. The van der Waals surface area contributed by atoms with Crippen LogP contribution in [-0.4, -0.2) is 30.7 Å². The fourth-order valence-electron chi connectivity index (χ4n) is 1.36. The maximum Gasteiger partial charge on any atom is 0.374 e. The van der Waals surface area contributed by atoms with Crippen molar-refractivity contribution in [2.24, 2.45) is 0 Å².